The van der Waals surface area contributed by atoms with E-state index in [-0.39, 0.29) is 43.8 Å². The van der Waals surface area contributed by atoms with Crippen molar-refractivity contribution in [2.24, 2.45) is 11.8 Å². The fraction of sp³-hybridized carbons (Fsp3) is 0.750. The molecule has 156 valence electrons. The molecular formula is C20H32N4O3S. The maximum absolute atomic E-state index is 12.9. The molecule has 0 spiro atoms. The fourth-order valence-corrected chi connectivity index (χ4v) is 5.94. The van der Waals surface area contributed by atoms with Crippen molar-refractivity contribution < 1.29 is 13.2 Å². The minimum absolute atomic E-state index is 0. The van der Waals surface area contributed by atoms with Crippen LogP contribution < -0.4 is 5.32 Å². The molecule has 3 atom stereocenters. The van der Waals surface area contributed by atoms with Gasteiger partial charge in [0, 0.05) is 25.3 Å². The average molecular weight is 409 g/mol. The average Bonchev–Trinajstić information content (AvgIpc) is 3.24. The summed E-state index contributed by atoms with van der Waals surface area (Å²) in [6, 6.07) is 0.442. The van der Waals surface area contributed by atoms with Gasteiger partial charge in [-0.1, -0.05) is 27.7 Å². The first-order valence-corrected chi connectivity index (χ1v) is 11.8. The van der Waals surface area contributed by atoms with Crippen molar-refractivity contribution in [1.82, 2.24) is 14.9 Å². The van der Waals surface area contributed by atoms with Crippen molar-refractivity contribution in [3.8, 4) is 0 Å². The Hall–Kier alpha value is -1.70. The van der Waals surface area contributed by atoms with Crippen LogP contribution in [0.2, 0.25) is 0 Å². The molecule has 8 heteroatoms. The van der Waals surface area contributed by atoms with Gasteiger partial charge in [-0.05, 0) is 37.0 Å². The molecule has 0 aromatic carbocycles. The predicted molar refractivity (Wildman–Crippen MR) is 110 cm³/mol. The molecule has 28 heavy (non-hydrogen) atoms. The van der Waals surface area contributed by atoms with Crippen LogP contribution in [0, 0.1) is 11.8 Å². The number of hydrogen-bond donors (Lipinski definition) is 1. The lowest BCUT2D eigenvalue weighted by Crippen LogP contribution is -2.44. The first-order valence-electron chi connectivity index (χ1n) is 9.95. The zero-order valence-corrected chi connectivity index (χ0v) is 16.8. The van der Waals surface area contributed by atoms with Crippen LogP contribution in [-0.4, -0.2) is 59.8 Å². The third kappa shape index (κ3) is 4.16. The number of nitrogens with one attached hydrogen (secondary N) is 1. The van der Waals surface area contributed by atoms with Crippen molar-refractivity contribution >= 4 is 21.7 Å². The summed E-state index contributed by atoms with van der Waals surface area (Å²) in [6.07, 6.45) is 6.74. The van der Waals surface area contributed by atoms with Gasteiger partial charge in [-0.2, -0.15) is 0 Å². The smallest absolute Gasteiger partial charge is 0.257 e. The number of carbonyl (C=O) groups is 1. The first-order chi connectivity index (χ1) is 12.8. The lowest BCUT2D eigenvalue weighted by molar-refractivity contribution is 0.0767. The van der Waals surface area contributed by atoms with Crippen molar-refractivity contribution in [3.05, 3.63) is 17.5 Å². The van der Waals surface area contributed by atoms with Gasteiger partial charge in [-0.15, -0.1) is 0 Å². The molecule has 1 N–H and O–H groups in total. The van der Waals surface area contributed by atoms with Gasteiger partial charge in [0.05, 0.1) is 22.8 Å². The Morgan fingerprint density at radius 1 is 1.21 bits per heavy atom. The second-order valence-electron chi connectivity index (χ2n) is 8.52. The number of rotatable bonds is 4. The lowest BCUT2D eigenvalue weighted by Gasteiger charge is -2.28. The monoisotopic (exact) mass is 408 g/mol. The van der Waals surface area contributed by atoms with Crippen LogP contribution in [0.5, 0.6) is 0 Å². The quantitative estimate of drug-likeness (QED) is 0.823. The number of anilines is 1. The number of amides is 1. The van der Waals surface area contributed by atoms with E-state index in [1.807, 2.05) is 13.8 Å². The van der Waals surface area contributed by atoms with E-state index in [0.29, 0.717) is 17.6 Å². The van der Waals surface area contributed by atoms with Crippen LogP contribution in [0.1, 0.15) is 68.9 Å². The molecule has 2 heterocycles. The van der Waals surface area contributed by atoms with Crippen LogP contribution >= 0.6 is 0 Å². The van der Waals surface area contributed by atoms with Gasteiger partial charge >= 0.3 is 0 Å². The zero-order valence-electron chi connectivity index (χ0n) is 16.0. The maximum atomic E-state index is 12.9. The molecule has 2 aliphatic carbocycles. The Morgan fingerprint density at radius 3 is 2.50 bits per heavy atom. The molecular weight excluding hydrogens is 376 g/mol. The first kappa shape index (κ1) is 21.0. The van der Waals surface area contributed by atoms with Gasteiger partial charge in [-0.25, -0.2) is 18.4 Å². The number of carbonyl (C=O) groups excluding carboxylic acids is 1. The molecule has 1 amide bonds. The Morgan fingerprint density at radius 2 is 1.93 bits per heavy atom. The van der Waals surface area contributed by atoms with Crippen LogP contribution in [0.3, 0.4) is 0 Å². The number of sulfone groups is 1. The SMILES string of the molecule is C.CC(C)c1nc(N[C@H]2C[C@@H]3CC[C@H]2C3)ncc1C(=O)N1CCS(=O)(=O)CC1. The van der Waals surface area contributed by atoms with Gasteiger partial charge in [0.25, 0.3) is 5.91 Å². The molecule has 4 rings (SSSR count). The molecule has 2 saturated carbocycles. The highest BCUT2D eigenvalue weighted by atomic mass is 32.2. The van der Waals surface area contributed by atoms with Crippen molar-refractivity contribution in [3.63, 3.8) is 0 Å². The Labute approximate surface area is 168 Å². The summed E-state index contributed by atoms with van der Waals surface area (Å²) < 4.78 is 23.2. The standard InChI is InChI=1S/C19H28N4O3S.CH4/c1-12(2)17-15(18(24)23-5-7-27(25,26)8-6-23)11-20-19(22-17)21-16-10-13-3-4-14(16)9-13;/h11-14,16H,3-10H2,1-2H3,(H,20,21,22);1H4/t13-,14+,16+;/m1./s1. The van der Waals surface area contributed by atoms with Gasteiger partial charge in [0.15, 0.2) is 9.84 Å². The topological polar surface area (TPSA) is 92.3 Å². The molecule has 1 aromatic heterocycles. The maximum Gasteiger partial charge on any atom is 0.257 e. The molecule has 1 saturated heterocycles. The van der Waals surface area contributed by atoms with Crippen molar-refractivity contribution in [1.29, 1.82) is 0 Å². The summed E-state index contributed by atoms with van der Waals surface area (Å²) >= 11 is 0. The molecule has 3 fully saturated rings. The van der Waals surface area contributed by atoms with E-state index in [2.05, 4.69) is 15.3 Å². The highest BCUT2D eigenvalue weighted by Crippen LogP contribution is 2.45. The molecule has 3 aliphatic rings. The summed E-state index contributed by atoms with van der Waals surface area (Å²) in [7, 11) is -3.02. The summed E-state index contributed by atoms with van der Waals surface area (Å²) in [6.45, 7) is 4.51. The third-order valence-electron chi connectivity index (χ3n) is 6.28. The van der Waals surface area contributed by atoms with E-state index in [4.69, 9.17) is 0 Å². The van der Waals surface area contributed by atoms with E-state index < -0.39 is 9.84 Å². The van der Waals surface area contributed by atoms with E-state index in [9.17, 15) is 13.2 Å². The Kier molecular flexibility index (Phi) is 5.98. The fourth-order valence-electron chi connectivity index (χ4n) is 4.74. The summed E-state index contributed by atoms with van der Waals surface area (Å²) in [4.78, 5) is 23.6. The summed E-state index contributed by atoms with van der Waals surface area (Å²) in [5.41, 5.74) is 1.22. The molecule has 0 radical (unpaired) electrons. The van der Waals surface area contributed by atoms with E-state index in [1.54, 1.807) is 11.1 Å². The van der Waals surface area contributed by atoms with Crippen molar-refractivity contribution in [2.45, 2.75) is 58.9 Å². The van der Waals surface area contributed by atoms with Gasteiger partial charge < -0.3 is 10.2 Å². The van der Waals surface area contributed by atoms with Gasteiger partial charge in [0.2, 0.25) is 5.95 Å². The van der Waals surface area contributed by atoms with Crippen molar-refractivity contribution in [2.75, 3.05) is 29.9 Å². The van der Waals surface area contributed by atoms with Gasteiger partial charge in [-0.3, -0.25) is 4.79 Å². The third-order valence-corrected chi connectivity index (χ3v) is 7.89. The number of nitrogens with zero attached hydrogens (tertiary/aromatic N) is 3. The normalized spacial score (nSPS) is 28.2. The van der Waals surface area contributed by atoms with Crippen LogP contribution in [0.4, 0.5) is 5.95 Å². The van der Waals surface area contributed by atoms with E-state index in [1.165, 1.54) is 25.7 Å². The van der Waals surface area contributed by atoms with Crippen LogP contribution in [0.15, 0.2) is 6.20 Å². The van der Waals surface area contributed by atoms with E-state index >= 15 is 0 Å². The number of hydrogen-bond acceptors (Lipinski definition) is 6. The summed E-state index contributed by atoms with van der Waals surface area (Å²) in [5.74, 6) is 2.14. The molecule has 1 aromatic rings. The number of fused-ring (bicyclic) bond motifs is 2. The minimum atomic E-state index is -3.02. The second-order valence-corrected chi connectivity index (χ2v) is 10.8. The van der Waals surface area contributed by atoms with Crippen LogP contribution in [-0.2, 0) is 9.84 Å². The summed E-state index contributed by atoms with van der Waals surface area (Å²) in [5, 5.41) is 3.50. The molecule has 7 nitrogen and oxygen atoms in total. The highest BCUT2D eigenvalue weighted by Gasteiger charge is 2.40. The lowest BCUT2D eigenvalue weighted by atomic mass is 9.95. The van der Waals surface area contributed by atoms with Crippen LogP contribution in [0.25, 0.3) is 0 Å². The zero-order chi connectivity index (χ0) is 19.2. The largest absolute Gasteiger partial charge is 0.351 e. The molecule has 0 unspecified atom stereocenters. The number of aromatic nitrogens is 2. The van der Waals surface area contributed by atoms with Gasteiger partial charge in [0.1, 0.15) is 0 Å². The second kappa shape index (κ2) is 7.97. The molecule has 2 bridgehead atoms. The van der Waals surface area contributed by atoms with E-state index in [0.717, 1.165) is 17.5 Å². The predicted octanol–water partition coefficient (Wildman–Crippen LogP) is 2.71. The molecule has 1 aliphatic heterocycles. The Bertz CT molecular complexity index is 826. The highest BCUT2D eigenvalue weighted by molar-refractivity contribution is 7.91. The minimum Gasteiger partial charge on any atom is -0.351 e. The Balaban J connectivity index is 0.00000225.